The van der Waals surface area contributed by atoms with E-state index in [-0.39, 0.29) is 9.86 Å². The lowest BCUT2D eigenvalue weighted by atomic mass is 10.0. The maximum Gasteiger partial charge on any atom is 0.322 e. The van der Waals surface area contributed by atoms with E-state index in [4.69, 9.17) is 0 Å². The zero-order valence-corrected chi connectivity index (χ0v) is 14.0. The molecular weight excluding hydrogens is 306 g/mol. The fourth-order valence-corrected chi connectivity index (χ4v) is 4.41. The molecule has 0 bridgehead atoms. The van der Waals surface area contributed by atoms with E-state index in [1.54, 1.807) is 11.8 Å². The maximum absolute atomic E-state index is 11.6. The van der Waals surface area contributed by atoms with Crippen LogP contribution >= 0.6 is 23.5 Å². The van der Waals surface area contributed by atoms with Crippen molar-refractivity contribution in [1.82, 2.24) is 4.90 Å². The average Bonchev–Trinajstić information content (AvgIpc) is 2.66. The number of nitrogens with zero attached hydrogens (tertiary/aromatic N) is 1. The minimum atomic E-state index is -0.790. The number of carbonyl (C=O) groups excluding carboxylic acids is 1. The lowest BCUT2D eigenvalue weighted by Gasteiger charge is -2.28. The molecule has 114 valence electrons. The van der Waals surface area contributed by atoms with E-state index in [0.717, 1.165) is 10.5 Å². The monoisotopic (exact) mass is 325 g/mol. The summed E-state index contributed by atoms with van der Waals surface area (Å²) in [5.74, 6) is -0.107. The molecule has 0 aliphatic carbocycles. The highest BCUT2D eigenvalue weighted by atomic mass is 32.2. The van der Waals surface area contributed by atoms with Crippen molar-refractivity contribution in [3.8, 4) is 0 Å². The van der Waals surface area contributed by atoms with E-state index in [0.29, 0.717) is 12.4 Å². The summed E-state index contributed by atoms with van der Waals surface area (Å²) in [6.45, 7) is 6.01. The number of carboxylic acids is 1. The summed E-state index contributed by atoms with van der Waals surface area (Å²) >= 11 is 2.85. The van der Waals surface area contributed by atoms with Crippen LogP contribution in [0.2, 0.25) is 0 Å². The molecule has 0 spiro atoms. The molecule has 21 heavy (non-hydrogen) atoms. The van der Waals surface area contributed by atoms with Crippen molar-refractivity contribution in [2.24, 2.45) is 0 Å². The third kappa shape index (κ3) is 3.81. The van der Waals surface area contributed by atoms with Crippen LogP contribution in [0.5, 0.6) is 0 Å². The second kappa shape index (κ2) is 6.42. The first-order chi connectivity index (χ1) is 9.81. The van der Waals surface area contributed by atoms with Gasteiger partial charge in [0, 0.05) is 29.0 Å². The highest BCUT2D eigenvalue weighted by Crippen LogP contribution is 2.40. The Bertz CT molecular complexity index is 560. The number of hydrogen-bond donors (Lipinski definition) is 1. The van der Waals surface area contributed by atoms with Gasteiger partial charge in [0.05, 0.1) is 0 Å². The summed E-state index contributed by atoms with van der Waals surface area (Å²) in [6, 6.07) is 7.17. The Balaban J connectivity index is 2.22. The summed E-state index contributed by atoms with van der Waals surface area (Å²) in [4.78, 5) is 25.8. The van der Waals surface area contributed by atoms with Crippen LogP contribution < -0.4 is 0 Å². The Labute approximate surface area is 133 Å². The number of carboxylic acid groups (broad SMARTS) is 1. The third-order valence-electron chi connectivity index (χ3n) is 3.46. The highest BCUT2D eigenvalue weighted by molar-refractivity contribution is 8.13. The van der Waals surface area contributed by atoms with E-state index in [1.807, 2.05) is 43.0 Å². The first kappa shape index (κ1) is 16.4. The lowest BCUT2D eigenvalue weighted by molar-refractivity contribution is -0.143. The van der Waals surface area contributed by atoms with Gasteiger partial charge in [0.25, 0.3) is 0 Å². The summed E-state index contributed by atoms with van der Waals surface area (Å²) in [5.41, 5.74) is 1.00. The van der Waals surface area contributed by atoms with E-state index >= 15 is 0 Å². The molecule has 0 amide bonds. The molecule has 1 aromatic rings. The smallest absolute Gasteiger partial charge is 0.322 e. The fraction of sp³-hybridized carbons (Fsp3) is 0.467. The second-order valence-corrected chi connectivity index (χ2v) is 8.38. The standard InChI is InChI=1S/C15H19NO3S2/c1-10(17)21-12-7-5-4-6-11(12)8-16-9-20-15(2,3)13(16)14(18)19/h4-7,13H,8-9H2,1-3H3,(H,18,19)/t13-/m0/s1. The van der Waals surface area contributed by atoms with Crippen molar-refractivity contribution in [2.45, 2.75) is 43.0 Å². The molecule has 1 fully saturated rings. The number of thioether (sulfide) groups is 2. The van der Waals surface area contributed by atoms with Crippen molar-refractivity contribution in [3.05, 3.63) is 29.8 Å². The van der Waals surface area contributed by atoms with Crippen molar-refractivity contribution >= 4 is 34.6 Å². The molecular formula is C15H19NO3S2. The summed E-state index contributed by atoms with van der Waals surface area (Å²) < 4.78 is -0.311. The first-order valence-corrected chi connectivity index (χ1v) is 8.48. The van der Waals surface area contributed by atoms with Crippen molar-refractivity contribution in [2.75, 3.05) is 5.88 Å². The quantitative estimate of drug-likeness (QED) is 0.859. The van der Waals surface area contributed by atoms with E-state index in [2.05, 4.69) is 0 Å². The largest absolute Gasteiger partial charge is 0.480 e. The van der Waals surface area contributed by atoms with E-state index < -0.39 is 12.0 Å². The number of rotatable bonds is 4. The Morgan fingerprint density at radius 3 is 2.71 bits per heavy atom. The Morgan fingerprint density at radius 1 is 1.43 bits per heavy atom. The van der Waals surface area contributed by atoms with Crippen molar-refractivity contribution in [3.63, 3.8) is 0 Å². The normalized spacial score (nSPS) is 21.4. The molecule has 1 aliphatic rings. The van der Waals surface area contributed by atoms with Crippen LogP contribution in [0.15, 0.2) is 29.2 Å². The highest BCUT2D eigenvalue weighted by Gasteiger charge is 2.45. The van der Waals surface area contributed by atoms with Crippen molar-refractivity contribution < 1.29 is 14.7 Å². The summed E-state index contributed by atoms with van der Waals surface area (Å²) in [5, 5.41) is 9.53. The molecule has 0 radical (unpaired) electrons. The van der Waals surface area contributed by atoms with Crippen LogP contribution in [0.3, 0.4) is 0 Å². The number of aliphatic carboxylic acids is 1. The molecule has 1 aliphatic heterocycles. The molecule has 1 aromatic carbocycles. The second-order valence-electron chi connectivity index (χ2n) is 5.57. The number of hydrogen-bond acceptors (Lipinski definition) is 5. The SMILES string of the molecule is CC(=O)Sc1ccccc1CN1CSC(C)(C)[C@@H]1C(=O)O. The van der Waals surface area contributed by atoms with Gasteiger partial charge in [-0.3, -0.25) is 14.5 Å². The Hall–Kier alpha value is -0.980. The van der Waals surface area contributed by atoms with Gasteiger partial charge in [-0.2, -0.15) is 0 Å². The van der Waals surface area contributed by atoms with E-state index in [9.17, 15) is 14.7 Å². The lowest BCUT2D eigenvalue weighted by Crippen LogP contribution is -2.45. The van der Waals surface area contributed by atoms with Gasteiger partial charge in [-0.1, -0.05) is 30.0 Å². The Kier molecular flexibility index (Phi) is 5.01. The summed E-state index contributed by atoms with van der Waals surface area (Å²) in [6.07, 6.45) is 0. The van der Waals surface area contributed by atoms with Crippen LogP contribution in [0.25, 0.3) is 0 Å². The van der Waals surface area contributed by atoms with Gasteiger partial charge in [0.1, 0.15) is 6.04 Å². The van der Waals surface area contributed by atoms with Crippen LogP contribution in [0.1, 0.15) is 26.3 Å². The van der Waals surface area contributed by atoms with Gasteiger partial charge in [-0.05, 0) is 25.5 Å². The topological polar surface area (TPSA) is 57.6 Å². The van der Waals surface area contributed by atoms with Crippen LogP contribution in [-0.2, 0) is 16.1 Å². The molecule has 0 saturated carbocycles. The third-order valence-corrected chi connectivity index (χ3v) is 5.79. The number of benzene rings is 1. The molecule has 6 heteroatoms. The fourth-order valence-electron chi connectivity index (χ4n) is 2.54. The zero-order valence-electron chi connectivity index (χ0n) is 12.3. The minimum absolute atomic E-state index is 0.0355. The minimum Gasteiger partial charge on any atom is -0.480 e. The predicted octanol–water partition coefficient (Wildman–Crippen LogP) is 3.06. The molecule has 1 atom stereocenters. The molecule has 1 saturated heterocycles. The zero-order chi connectivity index (χ0) is 15.6. The van der Waals surface area contributed by atoms with Gasteiger partial charge in [-0.25, -0.2) is 0 Å². The van der Waals surface area contributed by atoms with Gasteiger partial charge in [0.2, 0.25) is 0 Å². The molecule has 1 N–H and O–H groups in total. The first-order valence-electron chi connectivity index (χ1n) is 6.68. The predicted molar refractivity (Wildman–Crippen MR) is 86.5 cm³/mol. The molecule has 0 aromatic heterocycles. The average molecular weight is 325 g/mol. The molecule has 4 nitrogen and oxygen atoms in total. The van der Waals surface area contributed by atoms with E-state index in [1.165, 1.54) is 18.7 Å². The van der Waals surface area contributed by atoms with Gasteiger partial charge in [-0.15, -0.1) is 11.8 Å². The van der Waals surface area contributed by atoms with Gasteiger partial charge < -0.3 is 5.11 Å². The molecule has 0 unspecified atom stereocenters. The summed E-state index contributed by atoms with van der Waals surface area (Å²) in [7, 11) is 0. The number of carbonyl (C=O) groups is 2. The van der Waals surface area contributed by atoms with Crippen LogP contribution in [0.4, 0.5) is 0 Å². The Morgan fingerprint density at radius 2 is 2.10 bits per heavy atom. The van der Waals surface area contributed by atoms with Crippen LogP contribution in [-0.4, -0.2) is 37.8 Å². The van der Waals surface area contributed by atoms with Crippen molar-refractivity contribution in [1.29, 1.82) is 0 Å². The molecule has 2 rings (SSSR count). The maximum atomic E-state index is 11.6. The van der Waals surface area contributed by atoms with Gasteiger partial charge >= 0.3 is 5.97 Å². The van der Waals surface area contributed by atoms with Gasteiger partial charge in [0.15, 0.2) is 5.12 Å². The van der Waals surface area contributed by atoms with Crippen LogP contribution in [0, 0.1) is 0 Å². The molecule has 1 heterocycles.